The molecule has 0 saturated heterocycles. The number of pyridine rings is 1. The summed E-state index contributed by atoms with van der Waals surface area (Å²) in [5, 5.41) is 14.9. The van der Waals surface area contributed by atoms with Gasteiger partial charge in [0, 0.05) is 24.7 Å². The fraction of sp³-hybridized carbons (Fsp3) is 0.172. The molecule has 0 atom stereocenters. The molecule has 0 aliphatic heterocycles. The first kappa shape index (κ1) is 27.0. The average Bonchev–Trinajstić information content (AvgIpc) is 2.93. The maximum absolute atomic E-state index is 13.6. The van der Waals surface area contributed by atoms with Crippen molar-refractivity contribution in [2.45, 2.75) is 13.1 Å². The third-order valence-electron chi connectivity index (χ3n) is 5.97. The summed E-state index contributed by atoms with van der Waals surface area (Å²) in [6.07, 6.45) is 3.93. The highest BCUT2D eigenvalue weighted by Gasteiger charge is 2.25. The average molecular weight is 531 g/mol. The summed E-state index contributed by atoms with van der Waals surface area (Å²) in [4.78, 5) is 36.5. The lowest BCUT2D eigenvalue weighted by atomic mass is 9.94. The number of hydrogen-bond acceptors (Lipinski definition) is 7. The molecule has 1 heterocycles. The monoisotopic (exact) mass is 530 g/mol. The topological polar surface area (TPSA) is 94.9 Å². The van der Waals surface area contributed by atoms with Crippen LogP contribution in [0.3, 0.4) is 0 Å². The van der Waals surface area contributed by atoms with Crippen LogP contribution in [0.4, 0.5) is 10.1 Å². The van der Waals surface area contributed by atoms with Gasteiger partial charge < -0.3 is 10.4 Å². The summed E-state index contributed by atoms with van der Waals surface area (Å²) >= 11 is 1.42. The van der Waals surface area contributed by atoms with E-state index in [9.17, 15) is 19.1 Å². The minimum Gasteiger partial charge on any atom is -0.505 e. The number of aldehydes is 1. The number of para-hydroxylation sites is 1. The molecule has 9 heteroatoms. The standard InChI is InChI=1S/C29H27FN4O3S/c1-34(16-19-10-12-20(30)13-11-19)17-23-24(18-35)28(36)27-22(9-6-14-31-27)26(23)29(37)32-15-25(38-2)33-21-7-4-3-5-8-21/h3-14,18,36H,15-17H2,1-2H3,(H,32,37). The highest BCUT2D eigenvalue weighted by atomic mass is 32.2. The van der Waals surface area contributed by atoms with E-state index in [1.807, 2.05) is 48.5 Å². The molecule has 0 aliphatic carbocycles. The number of phenols is 1. The number of aliphatic imine (C=N–C) groups is 1. The van der Waals surface area contributed by atoms with Gasteiger partial charge in [0.25, 0.3) is 5.91 Å². The van der Waals surface area contributed by atoms with Gasteiger partial charge in [0.1, 0.15) is 11.3 Å². The summed E-state index contributed by atoms with van der Waals surface area (Å²) in [7, 11) is 1.82. The number of fused-ring (bicyclic) bond motifs is 1. The molecular formula is C29H27FN4O3S. The van der Waals surface area contributed by atoms with E-state index in [2.05, 4.69) is 15.3 Å². The zero-order chi connectivity index (χ0) is 27.1. The lowest BCUT2D eigenvalue weighted by molar-refractivity contribution is 0.0959. The predicted molar refractivity (Wildman–Crippen MR) is 150 cm³/mol. The Bertz CT molecular complexity index is 1480. The molecular weight excluding hydrogens is 503 g/mol. The van der Waals surface area contributed by atoms with Gasteiger partial charge in [-0.15, -0.1) is 11.8 Å². The summed E-state index contributed by atoms with van der Waals surface area (Å²) in [5.41, 5.74) is 2.46. The van der Waals surface area contributed by atoms with E-state index in [0.29, 0.717) is 28.8 Å². The SMILES string of the molecule is CSC(CNC(=O)c1c(CN(C)Cc2ccc(F)cc2)c(C=O)c(O)c2ncccc12)=Nc1ccccc1. The van der Waals surface area contributed by atoms with Crippen molar-refractivity contribution in [3.8, 4) is 5.75 Å². The van der Waals surface area contributed by atoms with Crippen LogP contribution in [0.2, 0.25) is 0 Å². The van der Waals surface area contributed by atoms with E-state index in [-0.39, 0.29) is 41.3 Å². The van der Waals surface area contributed by atoms with Crippen molar-refractivity contribution in [2.24, 2.45) is 4.99 Å². The molecule has 0 radical (unpaired) electrons. The Morgan fingerprint density at radius 3 is 2.53 bits per heavy atom. The number of aromatic nitrogens is 1. The molecule has 38 heavy (non-hydrogen) atoms. The van der Waals surface area contributed by atoms with Gasteiger partial charge >= 0.3 is 0 Å². The van der Waals surface area contributed by atoms with Crippen LogP contribution in [-0.2, 0) is 13.1 Å². The van der Waals surface area contributed by atoms with Gasteiger partial charge in [0.15, 0.2) is 12.0 Å². The number of rotatable bonds is 9. The minimum absolute atomic E-state index is 0.00958. The van der Waals surface area contributed by atoms with E-state index >= 15 is 0 Å². The van der Waals surface area contributed by atoms with Crippen molar-refractivity contribution < 1.29 is 19.1 Å². The minimum atomic E-state index is -0.411. The van der Waals surface area contributed by atoms with Crippen LogP contribution in [0.25, 0.3) is 10.9 Å². The van der Waals surface area contributed by atoms with Crippen LogP contribution >= 0.6 is 11.8 Å². The summed E-state index contributed by atoms with van der Waals surface area (Å²) in [6.45, 7) is 0.796. The van der Waals surface area contributed by atoms with Gasteiger partial charge in [-0.05, 0) is 54.8 Å². The Morgan fingerprint density at radius 2 is 1.84 bits per heavy atom. The fourth-order valence-electron chi connectivity index (χ4n) is 4.19. The number of amides is 1. The van der Waals surface area contributed by atoms with E-state index in [1.165, 1.54) is 30.1 Å². The van der Waals surface area contributed by atoms with Gasteiger partial charge in [-0.25, -0.2) is 9.38 Å². The van der Waals surface area contributed by atoms with Crippen LogP contribution in [0.5, 0.6) is 5.75 Å². The van der Waals surface area contributed by atoms with Gasteiger partial charge in [0.2, 0.25) is 0 Å². The van der Waals surface area contributed by atoms with E-state index in [4.69, 9.17) is 0 Å². The first-order chi connectivity index (χ1) is 18.4. The molecule has 0 fully saturated rings. The maximum Gasteiger partial charge on any atom is 0.252 e. The van der Waals surface area contributed by atoms with Crippen LogP contribution in [0, 0.1) is 5.82 Å². The predicted octanol–water partition coefficient (Wildman–Crippen LogP) is 5.35. The van der Waals surface area contributed by atoms with Crippen molar-refractivity contribution in [2.75, 3.05) is 19.8 Å². The number of thioether (sulfide) groups is 1. The molecule has 1 aromatic heterocycles. The maximum atomic E-state index is 13.6. The summed E-state index contributed by atoms with van der Waals surface area (Å²) in [6, 6.07) is 18.9. The third-order valence-corrected chi connectivity index (χ3v) is 6.67. The first-order valence-corrected chi connectivity index (χ1v) is 13.1. The fourth-order valence-corrected chi connectivity index (χ4v) is 4.60. The highest BCUT2D eigenvalue weighted by molar-refractivity contribution is 8.13. The van der Waals surface area contributed by atoms with Crippen molar-refractivity contribution in [3.63, 3.8) is 0 Å². The molecule has 3 aromatic carbocycles. The second kappa shape index (κ2) is 12.4. The van der Waals surface area contributed by atoms with Crippen molar-refractivity contribution in [1.82, 2.24) is 15.2 Å². The van der Waals surface area contributed by atoms with Gasteiger partial charge in [-0.3, -0.25) is 19.5 Å². The number of carbonyl (C=O) groups excluding carboxylic acids is 2. The van der Waals surface area contributed by atoms with E-state index < -0.39 is 5.91 Å². The molecule has 7 nitrogen and oxygen atoms in total. The number of benzene rings is 3. The van der Waals surface area contributed by atoms with Crippen molar-refractivity contribution in [3.05, 3.63) is 101 Å². The molecule has 0 spiro atoms. The number of halogens is 1. The van der Waals surface area contributed by atoms with Crippen molar-refractivity contribution >= 4 is 45.6 Å². The molecule has 0 aliphatic rings. The molecule has 194 valence electrons. The summed E-state index contributed by atoms with van der Waals surface area (Å²) in [5.74, 6) is -1.01. The Hall–Kier alpha value is -4.08. The molecule has 0 saturated carbocycles. The molecule has 0 bridgehead atoms. The number of aromatic hydroxyl groups is 1. The molecule has 4 rings (SSSR count). The zero-order valence-electron chi connectivity index (χ0n) is 21.0. The molecule has 4 aromatic rings. The van der Waals surface area contributed by atoms with Gasteiger partial charge in [0.05, 0.1) is 28.4 Å². The number of nitrogens with zero attached hydrogens (tertiary/aromatic N) is 3. The highest BCUT2D eigenvalue weighted by Crippen LogP contribution is 2.34. The lowest BCUT2D eigenvalue weighted by Crippen LogP contribution is -2.31. The molecule has 2 N–H and O–H groups in total. The Balaban J connectivity index is 1.69. The second-order valence-corrected chi connectivity index (χ2v) is 9.54. The normalized spacial score (nSPS) is 11.6. The largest absolute Gasteiger partial charge is 0.505 e. The van der Waals surface area contributed by atoms with Crippen LogP contribution in [0.1, 0.15) is 31.8 Å². The van der Waals surface area contributed by atoms with Crippen LogP contribution in [-0.4, -0.2) is 52.1 Å². The smallest absolute Gasteiger partial charge is 0.252 e. The third kappa shape index (κ3) is 6.24. The zero-order valence-corrected chi connectivity index (χ0v) is 21.8. The lowest BCUT2D eigenvalue weighted by Gasteiger charge is -2.22. The van der Waals surface area contributed by atoms with Crippen LogP contribution < -0.4 is 5.32 Å². The second-order valence-electron chi connectivity index (χ2n) is 8.66. The van der Waals surface area contributed by atoms with Crippen molar-refractivity contribution in [1.29, 1.82) is 0 Å². The van der Waals surface area contributed by atoms with Gasteiger partial charge in [-0.1, -0.05) is 36.4 Å². The van der Waals surface area contributed by atoms with Gasteiger partial charge in [-0.2, -0.15) is 0 Å². The number of carbonyl (C=O) groups is 2. The summed E-state index contributed by atoms with van der Waals surface area (Å²) < 4.78 is 13.3. The molecule has 1 amide bonds. The molecule has 0 unspecified atom stereocenters. The van der Waals surface area contributed by atoms with Crippen LogP contribution in [0.15, 0.2) is 77.9 Å². The number of phenolic OH excluding ortho intramolecular Hbond substituents is 1. The van der Waals surface area contributed by atoms with E-state index in [1.54, 1.807) is 24.3 Å². The Labute approximate surface area is 224 Å². The Kier molecular flexibility index (Phi) is 8.83. The number of nitrogens with one attached hydrogen (secondary N) is 1. The Morgan fingerprint density at radius 1 is 1.11 bits per heavy atom. The quantitative estimate of drug-likeness (QED) is 0.172. The van der Waals surface area contributed by atoms with E-state index in [0.717, 1.165) is 11.3 Å². The number of hydrogen-bond donors (Lipinski definition) is 2. The first-order valence-electron chi connectivity index (χ1n) is 11.9.